The summed E-state index contributed by atoms with van der Waals surface area (Å²) in [5.74, 6) is -0.0119. The number of amides is 2. The number of hydrogen-bond acceptors (Lipinski definition) is 5. The molecule has 1 fully saturated rings. The highest BCUT2D eigenvalue weighted by atomic mass is 127. The molecular weight excluding hydrogens is 473 g/mol. The van der Waals surface area contributed by atoms with Crippen molar-refractivity contribution >= 4 is 46.2 Å². The molecule has 0 unspecified atom stereocenters. The van der Waals surface area contributed by atoms with Crippen LogP contribution in [0.2, 0.25) is 0 Å². The molecule has 2 amide bonds. The van der Waals surface area contributed by atoms with E-state index in [1.165, 1.54) is 11.1 Å². The number of carbonyl (C=O) groups excluding carboxylic acids is 2. The second kappa shape index (κ2) is 8.75. The molecular formula is C20H16IN3O4. The summed E-state index contributed by atoms with van der Waals surface area (Å²) >= 11 is 2.06. The summed E-state index contributed by atoms with van der Waals surface area (Å²) in [6, 6.07) is 14.2. The van der Waals surface area contributed by atoms with Crippen LogP contribution in [0, 0.1) is 14.9 Å². The number of hydrazine groups is 1. The third kappa shape index (κ3) is 4.09. The average molecular weight is 489 g/mol. The Morgan fingerprint density at radius 1 is 1.21 bits per heavy atom. The molecule has 1 aliphatic heterocycles. The minimum absolute atomic E-state index is 0.0211. The van der Waals surface area contributed by atoms with Gasteiger partial charge in [-0.25, -0.2) is 5.01 Å². The van der Waals surface area contributed by atoms with Gasteiger partial charge in [0.2, 0.25) is 0 Å². The van der Waals surface area contributed by atoms with Crippen LogP contribution in [0.1, 0.15) is 12.5 Å². The molecule has 1 aliphatic rings. The Morgan fingerprint density at radius 2 is 1.96 bits per heavy atom. The third-order valence-corrected chi connectivity index (χ3v) is 4.63. The quantitative estimate of drug-likeness (QED) is 0.383. The van der Waals surface area contributed by atoms with E-state index in [0.717, 1.165) is 0 Å². The average Bonchev–Trinajstić information content (AvgIpc) is 2.96. The van der Waals surface area contributed by atoms with Gasteiger partial charge >= 0.3 is 0 Å². The minimum atomic E-state index is -0.480. The van der Waals surface area contributed by atoms with Crippen LogP contribution in [0.3, 0.4) is 0 Å². The lowest BCUT2D eigenvalue weighted by Crippen LogP contribution is -2.35. The van der Waals surface area contributed by atoms with E-state index in [2.05, 4.69) is 28.0 Å². The molecule has 0 saturated carbocycles. The van der Waals surface area contributed by atoms with Crippen molar-refractivity contribution in [3.05, 3.63) is 57.2 Å². The third-order valence-electron chi connectivity index (χ3n) is 3.83. The van der Waals surface area contributed by atoms with Crippen LogP contribution in [0.25, 0.3) is 6.08 Å². The number of carbonyl (C=O) groups is 2. The van der Waals surface area contributed by atoms with E-state index in [1.807, 2.05) is 19.1 Å². The van der Waals surface area contributed by atoms with Crippen molar-refractivity contribution < 1.29 is 19.1 Å². The first kappa shape index (κ1) is 19.7. The van der Waals surface area contributed by atoms with Crippen LogP contribution in [-0.2, 0) is 9.59 Å². The summed E-state index contributed by atoms with van der Waals surface area (Å²) in [5.41, 5.74) is 3.78. The monoisotopic (exact) mass is 489 g/mol. The van der Waals surface area contributed by atoms with E-state index in [1.54, 1.807) is 36.4 Å². The standard InChI is InChI=1S/C20H16IN3O4/c1-2-27-17-12-13(11-16(21)18(17)28-9-8-22)10-15-19(25)23-24(20(15)26)14-6-4-3-5-7-14/h3-7,10-12H,2,9H2,1H3,(H,23,25). The summed E-state index contributed by atoms with van der Waals surface area (Å²) in [5, 5.41) is 9.96. The highest BCUT2D eigenvalue weighted by Crippen LogP contribution is 2.35. The van der Waals surface area contributed by atoms with Gasteiger partial charge in [0.1, 0.15) is 11.6 Å². The van der Waals surface area contributed by atoms with E-state index in [0.29, 0.717) is 32.9 Å². The molecule has 0 spiro atoms. The number of halogens is 1. The Morgan fingerprint density at radius 3 is 2.64 bits per heavy atom. The lowest BCUT2D eigenvalue weighted by Gasteiger charge is -2.14. The van der Waals surface area contributed by atoms with E-state index >= 15 is 0 Å². The van der Waals surface area contributed by atoms with Crippen molar-refractivity contribution in [3.8, 4) is 17.6 Å². The predicted octanol–water partition coefficient (Wildman–Crippen LogP) is 3.05. The summed E-state index contributed by atoms with van der Waals surface area (Å²) in [6.45, 7) is 2.13. The predicted molar refractivity (Wildman–Crippen MR) is 111 cm³/mol. The van der Waals surface area contributed by atoms with E-state index in [-0.39, 0.29) is 12.2 Å². The Balaban J connectivity index is 1.95. The second-order valence-corrected chi connectivity index (χ2v) is 6.85. The number of rotatable bonds is 6. The Labute approximate surface area is 175 Å². The van der Waals surface area contributed by atoms with Crippen LogP contribution in [0.15, 0.2) is 48.0 Å². The number of nitrogens with zero attached hydrogens (tertiary/aromatic N) is 2. The zero-order valence-corrected chi connectivity index (χ0v) is 17.1. The minimum Gasteiger partial charge on any atom is -0.490 e. The first-order valence-corrected chi connectivity index (χ1v) is 9.51. The number of nitriles is 1. The largest absolute Gasteiger partial charge is 0.490 e. The second-order valence-electron chi connectivity index (χ2n) is 5.68. The van der Waals surface area contributed by atoms with Gasteiger partial charge in [-0.3, -0.25) is 15.0 Å². The van der Waals surface area contributed by atoms with Gasteiger partial charge in [0.15, 0.2) is 18.1 Å². The van der Waals surface area contributed by atoms with Crippen molar-refractivity contribution in [2.45, 2.75) is 6.92 Å². The fraction of sp³-hybridized carbons (Fsp3) is 0.150. The van der Waals surface area contributed by atoms with Crippen molar-refractivity contribution in [1.82, 2.24) is 5.43 Å². The number of hydrogen-bond donors (Lipinski definition) is 1. The van der Waals surface area contributed by atoms with Gasteiger partial charge in [-0.05, 0) is 65.4 Å². The summed E-state index contributed by atoms with van der Waals surface area (Å²) in [4.78, 5) is 25.0. The number of para-hydroxylation sites is 1. The van der Waals surface area contributed by atoms with E-state index in [4.69, 9.17) is 14.7 Å². The molecule has 2 aromatic carbocycles. The normalized spacial score (nSPS) is 14.8. The number of benzene rings is 2. The number of ether oxygens (including phenoxy) is 2. The molecule has 1 saturated heterocycles. The molecule has 0 aliphatic carbocycles. The Bertz CT molecular complexity index is 983. The highest BCUT2D eigenvalue weighted by molar-refractivity contribution is 14.1. The van der Waals surface area contributed by atoms with Gasteiger partial charge in [0.25, 0.3) is 11.8 Å². The van der Waals surface area contributed by atoms with Crippen molar-refractivity contribution in [3.63, 3.8) is 0 Å². The summed E-state index contributed by atoms with van der Waals surface area (Å²) in [6.07, 6.45) is 1.51. The maximum atomic E-state index is 12.7. The van der Waals surface area contributed by atoms with Gasteiger partial charge in [-0.15, -0.1) is 0 Å². The highest BCUT2D eigenvalue weighted by Gasteiger charge is 2.34. The molecule has 3 rings (SSSR count). The van der Waals surface area contributed by atoms with Gasteiger partial charge in [-0.1, -0.05) is 18.2 Å². The first-order chi connectivity index (χ1) is 13.5. The number of anilines is 1. The van der Waals surface area contributed by atoms with Crippen LogP contribution in [0.5, 0.6) is 11.5 Å². The van der Waals surface area contributed by atoms with E-state index in [9.17, 15) is 9.59 Å². The molecule has 142 valence electrons. The summed E-state index contributed by atoms with van der Waals surface area (Å²) in [7, 11) is 0. The topological polar surface area (TPSA) is 91.7 Å². The molecule has 0 aromatic heterocycles. The zero-order valence-electron chi connectivity index (χ0n) is 14.9. The van der Waals surface area contributed by atoms with Crippen LogP contribution in [-0.4, -0.2) is 25.0 Å². The molecule has 8 heteroatoms. The molecule has 0 radical (unpaired) electrons. The van der Waals surface area contributed by atoms with E-state index < -0.39 is 11.8 Å². The fourth-order valence-electron chi connectivity index (χ4n) is 2.66. The molecule has 0 bridgehead atoms. The fourth-order valence-corrected chi connectivity index (χ4v) is 3.44. The lowest BCUT2D eigenvalue weighted by atomic mass is 10.1. The maximum Gasteiger partial charge on any atom is 0.282 e. The van der Waals surface area contributed by atoms with Gasteiger partial charge < -0.3 is 9.47 Å². The SMILES string of the molecule is CCOc1cc(C=C2C(=O)NN(c3ccccc3)C2=O)cc(I)c1OCC#N. The smallest absolute Gasteiger partial charge is 0.282 e. The Hall–Kier alpha value is -3.06. The first-order valence-electron chi connectivity index (χ1n) is 8.43. The zero-order chi connectivity index (χ0) is 20.1. The van der Waals surface area contributed by atoms with Crippen molar-refractivity contribution in [1.29, 1.82) is 5.26 Å². The van der Waals surface area contributed by atoms with Crippen LogP contribution >= 0.6 is 22.6 Å². The molecule has 1 N–H and O–H groups in total. The van der Waals surface area contributed by atoms with Crippen LogP contribution < -0.4 is 19.9 Å². The number of nitrogens with one attached hydrogen (secondary N) is 1. The van der Waals surface area contributed by atoms with Gasteiger partial charge in [-0.2, -0.15) is 5.26 Å². The molecule has 28 heavy (non-hydrogen) atoms. The molecule has 0 atom stereocenters. The maximum absolute atomic E-state index is 12.7. The molecule has 2 aromatic rings. The van der Waals surface area contributed by atoms with Crippen LogP contribution in [0.4, 0.5) is 5.69 Å². The Kier molecular flexibility index (Phi) is 6.16. The van der Waals surface area contributed by atoms with Crippen molar-refractivity contribution in [2.24, 2.45) is 0 Å². The van der Waals surface area contributed by atoms with Gasteiger partial charge in [0, 0.05) is 0 Å². The molecule has 7 nitrogen and oxygen atoms in total. The summed E-state index contributed by atoms with van der Waals surface area (Å²) < 4.78 is 11.7. The van der Waals surface area contributed by atoms with Crippen molar-refractivity contribution in [2.75, 3.05) is 18.2 Å². The van der Waals surface area contributed by atoms with Gasteiger partial charge in [0.05, 0.1) is 15.9 Å². The molecule has 1 heterocycles. The lowest BCUT2D eigenvalue weighted by molar-refractivity contribution is -0.117.